The highest BCUT2D eigenvalue weighted by molar-refractivity contribution is 5.97. The number of hydrogen-bond acceptors (Lipinski definition) is 3. The van der Waals surface area contributed by atoms with E-state index < -0.39 is 5.92 Å². The van der Waals surface area contributed by atoms with Crippen LogP contribution in [0.4, 0.5) is 0 Å². The number of carbonyl (C=O) groups excluding carboxylic acids is 2. The quantitative estimate of drug-likeness (QED) is 0.531. The average molecular weight is 212 g/mol. The number of hydrogen-bond donors (Lipinski definition) is 0. The van der Waals surface area contributed by atoms with Gasteiger partial charge in [0.25, 0.3) is 0 Å². The van der Waals surface area contributed by atoms with Gasteiger partial charge in [0.2, 0.25) is 0 Å². The number of esters is 1. The smallest absolute Gasteiger partial charge is 0.316 e. The average Bonchev–Trinajstić information content (AvgIpc) is 2.19. The molecule has 1 saturated carbocycles. The van der Waals surface area contributed by atoms with Gasteiger partial charge in [-0.05, 0) is 39.0 Å². The van der Waals surface area contributed by atoms with Crippen LogP contribution < -0.4 is 0 Å². The molecule has 0 aliphatic heterocycles. The Kier molecular flexibility index (Phi) is 4.79. The van der Waals surface area contributed by atoms with E-state index in [9.17, 15) is 9.59 Å². The second kappa shape index (κ2) is 5.89. The van der Waals surface area contributed by atoms with Crippen molar-refractivity contribution in [1.29, 1.82) is 0 Å². The molecular weight excluding hydrogens is 192 g/mol. The summed E-state index contributed by atoms with van der Waals surface area (Å²) in [5.41, 5.74) is 0. The van der Waals surface area contributed by atoms with E-state index in [4.69, 9.17) is 4.74 Å². The molecule has 0 amide bonds. The molecule has 3 heteroatoms. The van der Waals surface area contributed by atoms with Crippen LogP contribution in [0.1, 0.15) is 52.4 Å². The fourth-order valence-corrected chi connectivity index (χ4v) is 2.05. The maximum Gasteiger partial charge on any atom is 0.316 e. The van der Waals surface area contributed by atoms with Crippen LogP contribution in [-0.4, -0.2) is 17.9 Å². The highest BCUT2D eigenvalue weighted by Gasteiger charge is 2.26. The van der Waals surface area contributed by atoms with Crippen molar-refractivity contribution in [3.8, 4) is 0 Å². The number of Topliss-reactive ketones (excluding diaryl/α,β-unsaturated/α-hetero) is 1. The molecule has 1 aliphatic rings. The second-order valence-electron chi connectivity index (χ2n) is 4.27. The van der Waals surface area contributed by atoms with Crippen molar-refractivity contribution < 1.29 is 14.3 Å². The van der Waals surface area contributed by atoms with Crippen LogP contribution in [0.2, 0.25) is 0 Å². The predicted octanol–water partition coefficient (Wildman–Crippen LogP) is 2.48. The lowest BCUT2D eigenvalue weighted by Gasteiger charge is -2.23. The highest BCUT2D eigenvalue weighted by atomic mass is 16.5. The largest absolute Gasteiger partial charge is 0.462 e. The van der Waals surface area contributed by atoms with Gasteiger partial charge in [-0.25, -0.2) is 0 Å². The summed E-state index contributed by atoms with van der Waals surface area (Å²) in [5, 5.41) is 0. The predicted molar refractivity (Wildman–Crippen MR) is 57.4 cm³/mol. The van der Waals surface area contributed by atoms with Gasteiger partial charge in [-0.1, -0.05) is 13.3 Å². The van der Waals surface area contributed by atoms with Gasteiger partial charge in [-0.15, -0.1) is 0 Å². The highest BCUT2D eigenvalue weighted by Crippen LogP contribution is 2.21. The molecule has 15 heavy (non-hydrogen) atoms. The lowest BCUT2D eigenvalue weighted by Crippen LogP contribution is -2.29. The summed E-state index contributed by atoms with van der Waals surface area (Å²) in [6, 6.07) is 0. The SMILES string of the molecule is CCC(C(C)=O)C(=O)OC1CCCCC1. The van der Waals surface area contributed by atoms with E-state index >= 15 is 0 Å². The zero-order valence-corrected chi connectivity index (χ0v) is 9.62. The summed E-state index contributed by atoms with van der Waals surface area (Å²) in [6.07, 6.45) is 6.02. The van der Waals surface area contributed by atoms with E-state index in [1.807, 2.05) is 6.92 Å². The lowest BCUT2D eigenvalue weighted by molar-refractivity contribution is -0.157. The number of rotatable bonds is 4. The molecular formula is C12H20O3. The van der Waals surface area contributed by atoms with E-state index in [-0.39, 0.29) is 17.9 Å². The zero-order chi connectivity index (χ0) is 11.3. The molecule has 1 unspecified atom stereocenters. The molecule has 3 nitrogen and oxygen atoms in total. The second-order valence-corrected chi connectivity index (χ2v) is 4.27. The monoisotopic (exact) mass is 212 g/mol. The Morgan fingerprint density at radius 3 is 2.33 bits per heavy atom. The summed E-state index contributed by atoms with van der Waals surface area (Å²) < 4.78 is 5.35. The van der Waals surface area contributed by atoms with Crippen molar-refractivity contribution in [1.82, 2.24) is 0 Å². The van der Waals surface area contributed by atoms with Crippen LogP contribution in [0, 0.1) is 5.92 Å². The van der Waals surface area contributed by atoms with Gasteiger partial charge < -0.3 is 4.74 Å². The Balaban J connectivity index is 2.42. The molecule has 0 aromatic carbocycles. The summed E-state index contributed by atoms with van der Waals surface area (Å²) in [5.74, 6) is -0.956. The van der Waals surface area contributed by atoms with Crippen molar-refractivity contribution in [3.05, 3.63) is 0 Å². The minimum atomic E-state index is -0.549. The van der Waals surface area contributed by atoms with E-state index in [1.165, 1.54) is 13.3 Å². The van der Waals surface area contributed by atoms with Gasteiger partial charge in [-0.3, -0.25) is 9.59 Å². The Bertz CT molecular complexity index is 229. The Morgan fingerprint density at radius 2 is 1.87 bits per heavy atom. The standard InChI is InChI=1S/C12H20O3/c1-3-11(9(2)13)12(14)15-10-7-5-4-6-8-10/h10-11H,3-8H2,1-2H3. The van der Waals surface area contributed by atoms with Crippen molar-refractivity contribution in [3.63, 3.8) is 0 Å². The van der Waals surface area contributed by atoms with Gasteiger partial charge in [0, 0.05) is 0 Å². The van der Waals surface area contributed by atoms with Crippen LogP contribution >= 0.6 is 0 Å². The first kappa shape index (κ1) is 12.2. The Hall–Kier alpha value is -0.860. The first-order valence-corrected chi connectivity index (χ1v) is 5.86. The van der Waals surface area contributed by atoms with Crippen molar-refractivity contribution in [2.75, 3.05) is 0 Å². The topological polar surface area (TPSA) is 43.4 Å². The maximum atomic E-state index is 11.6. The maximum absolute atomic E-state index is 11.6. The van der Waals surface area contributed by atoms with E-state index in [1.54, 1.807) is 0 Å². The normalized spacial score (nSPS) is 19.6. The van der Waals surface area contributed by atoms with Crippen LogP contribution in [0.25, 0.3) is 0 Å². The molecule has 1 rings (SSSR count). The lowest BCUT2D eigenvalue weighted by atomic mass is 9.97. The molecule has 1 aliphatic carbocycles. The van der Waals surface area contributed by atoms with E-state index in [2.05, 4.69) is 0 Å². The minimum absolute atomic E-state index is 0.0552. The van der Waals surface area contributed by atoms with Gasteiger partial charge in [0.1, 0.15) is 17.8 Å². The zero-order valence-electron chi connectivity index (χ0n) is 9.62. The van der Waals surface area contributed by atoms with Gasteiger partial charge in [0.15, 0.2) is 0 Å². The van der Waals surface area contributed by atoms with Gasteiger partial charge in [-0.2, -0.15) is 0 Å². The van der Waals surface area contributed by atoms with Crippen LogP contribution in [0.3, 0.4) is 0 Å². The molecule has 0 heterocycles. The summed E-state index contributed by atoms with van der Waals surface area (Å²) >= 11 is 0. The fraction of sp³-hybridized carbons (Fsp3) is 0.833. The van der Waals surface area contributed by atoms with E-state index in [0.29, 0.717) is 6.42 Å². The minimum Gasteiger partial charge on any atom is -0.462 e. The molecule has 0 saturated heterocycles. The number of carbonyl (C=O) groups is 2. The number of ether oxygens (including phenoxy) is 1. The van der Waals surface area contributed by atoms with Crippen molar-refractivity contribution >= 4 is 11.8 Å². The summed E-state index contributed by atoms with van der Waals surface area (Å²) in [4.78, 5) is 22.8. The third kappa shape index (κ3) is 3.65. The molecule has 86 valence electrons. The molecule has 0 N–H and O–H groups in total. The molecule has 1 fully saturated rings. The first-order chi connectivity index (χ1) is 7.15. The molecule has 0 spiro atoms. The summed E-state index contributed by atoms with van der Waals surface area (Å²) in [7, 11) is 0. The molecule has 0 aromatic heterocycles. The van der Waals surface area contributed by atoms with E-state index in [0.717, 1.165) is 25.7 Å². The van der Waals surface area contributed by atoms with Crippen LogP contribution in [0.15, 0.2) is 0 Å². The Morgan fingerprint density at radius 1 is 1.27 bits per heavy atom. The fourth-order valence-electron chi connectivity index (χ4n) is 2.05. The molecule has 1 atom stereocenters. The molecule has 0 aromatic rings. The number of ketones is 1. The van der Waals surface area contributed by atoms with Gasteiger partial charge in [0.05, 0.1) is 0 Å². The van der Waals surface area contributed by atoms with Crippen LogP contribution in [0.5, 0.6) is 0 Å². The van der Waals surface area contributed by atoms with Crippen molar-refractivity contribution in [2.45, 2.75) is 58.5 Å². The Labute approximate surface area is 91.2 Å². The third-order valence-corrected chi connectivity index (χ3v) is 3.02. The molecule has 0 bridgehead atoms. The van der Waals surface area contributed by atoms with Crippen LogP contribution in [-0.2, 0) is 14.3 Å². The van der Waals surface area contributed by atoms with Gasteiger partial charge >= 0.3 is 5.97 Å². The third-order valence-electron chi connectivity index (χ3n) is 3.02. The van der Waals surface area contributed by atoms with Crippen molar-refractivity contribution in [2.24, 2.45) is 5.92 Å². The first-order valence-electron chi connectivity index (χ1n) is 5.86. The summed E-state index contributed by atoms with van der Waals surface area (Å²) in [6.45, 7) is 3.30. The molecule has 0 radical (unpaired) electrons.